The van der Waals surface area contributed by atoms with Gasteiger partial charge in [-0.2, -0.15) is 0 Å². The van der Waals surface area contributed by atoms with Gasteiger partial charge in [0.05, 0.1) is 0 Å². The minimum absolute atomic E-state index is 0.1000. The lowest BCUT2D eigenvalue weighted by Gasteiger charge is -2.21. The molecule has 0 aliphatic rings. The van der Waals surface area contributed by atoms with Gasteiger partial charge in [-0.25, -0.2) is 0 Å². The van der Waals surface area contributed by atoms with E-state index in [0.29, 0.717) is 18.9 Å². The first-order valence-corrected chi connectivity index (χ1v) is 8.67. The van der Waals surface area contributed by atoms with Crippen molar-refractivity contribution in [3.63, 3.8) is 0 Å². The highest BCUT2D eigenvalue weighted by atomic mass is 16.1. The predicted molar refractivity (Wildman–Crippen MR) is 87.7 cm³/mol. The molecule has 0 spiro atoms. The molecule has 0 aromatic heterocycles. The van der Waals surface area contributed by atoms with Crippen LogP contribution in [0.15, 0.2) is 0 Å². The number of hydrogen-bond donors (Lipinski definition) is 2. The summed E-state index contributed by atoms with van der Waals surface area (Å²) in [6.07, 6.45) is 11.6. The van der Waals surface area contributed by atoms with E-state index in [2.05, 4.69) is 26.1 Å². The second-order valence-electron chi connectivity index (χ2n) is 5.92. The van der Waals surface area contributed by atoms with E-state index in [4.69, 9.17) is 5.73 Å². The van der Waals surface area contributed by atoms with Crippen LogP contribution in [0.1, 0.15) is 85.0 Å². The molecule has 1 amide bonds. The molecule has 0 saturated carbocycles. The highest BCUT2D eigenvalue weighted by Crippen LogP contribution is 2.11. The summed E-state index contributed by atoms with van der Waals surface area (Å²) in [5.74, 6) is 0.689. The van der Waals surface area contributed by atoms with E-state index in [1.807, 2.05) is 0 Å². The van der Waals surface area contributed by atoms with Crippen LogP contribution in [0.25, 0.3) is 0 Å². The Labute approximate surface area is 126 Å². The average Bonchev–Trinajstić information content (AvgIpc) is 2.45. The van der Waals surface area contributed by atoms with E-state index in [1.165, 1.54) is 38.5 Å². The Morgan fingerprint density at radius 3 is 2.05 bits per heavy atom. The fourth-order valence-electron chi connectivity index (χ4n) is 2.62. The van der Waals surface area contributed by atoms with Crippen LogP contribution in [-0.2, 0) is 4.79 Å². The van der Waals surface area contributed by atoms with Gasteiger partial charge in [0.15, 0.2) is 0 Å². The summed E-state index contributed by atoms with van der Waals surface area (Å²) in [6.45, 7) is 7.18. The Kier molecular flexibility index (Phi) is 13.0. The lowest BCUT2D eigenvalue weighted by molar-refractivity contribution is -0.121. The predicted octanol–water partition coefficient (Wildman–Crippen LogP) is 4.01. The number of nitrogens with two attached hydrogens (primary N) is 1. The van der Waals surface area contributed by atoms with Crippen molar-refractivity contribution in [1.29, 1.82) is 0 Å². The van der Waals surface area contributed by atoms with Crippen molar-refractivity contribution in [1.82, 2.24) is 5.32 Å². The molecule has 1 unspecified atom stereocenters. The molecular formula is C17H36N2O. The van der Waals surface area contributed by atoms with Crippen molar-refractivity contribution in [3.8, 4) is 0 Å². The number of carbonyl (C=O) groups is 1. The molecule has 0 saturated heterocycles. The molecule has 20 heavy (non-hydrogen) atoms. The van der Waals surface area contributed by atoms with Crippen LogP contribution in [0, 0.1) is 5.92 Å². The molecule has 0 aliphatic heterocycles. The lowest BCUT2D eigenvalue weighted by atomic mass is 9.95. The summed E-state index contributed by atoms with van der Waals surface area (Å²) in [4.78, 5) is 11.7. The van der Waals surface area contributed by atoms with Crippen molar-refractivity contribution in [3.05, 3.63) is 0 Å². The van der Waals surface area contributed by atoms with Crippen molar-refractivity contribution in [2.75, 3.05) is 6.54 Å². The molecule has 0 aromatic carbocycles. The van der Waals surface area contributed by atoms with Crippen LogP contribution in [0.3, 0.4) is 0 Å². The molecule has 1 atom stereocenters. The first-order chi connectivity index (χ1) is 9.65. The zero-order chi connectivity index (χ0) is 15.2. The minimum Gasteiger partial charge on any atom is -0.355 e. The van der Waals surface area contributed by atoms with Crippen LogP contribution in [0.4, 0.5) is 0 Å². The third-order valence-corrected chi connectivity index (χ3v) is 4.20. The third kappa shape index (κ3) is 10.2. The number of hydrogen-bond acceptors (Lipinski definition) is 2. The molecule has 0 bridgehead atoms. The van der Waals surface area contributed by atoms with E-state index in [1.54, 1.807) is 0 Å². The Bertz CT molecular complexity index is 227. The van der Waals surface area contributed by atoms with Crippen molar-refractivity contribution < 1.29 is 4.79 Å². The topological polar surface area (TPSA) is 55.1 Å². The zero-order valence-corrected chi connectivity index (χ0v) is 13.9. The van der Waals surface area contributed by atoms with E-state index < -0.39 is 0 Å². The number of carbonyl (C=O) groups excluding carboxylic acids is 1. The lowest BCUT2D eigenvalue weighted by Crippen LogP contribution is -2.41. The van der Waals surface area contributed by atoms with Gasteiger partial charge < -0.3 is 11.1 Å². The molecule has 120 valence electrons. The third-order valence-electron chi connectivity index (χ3n) is 4.20. The smallest absolute Gasteiger partial charge is 0.220 e. The van der Waals surface area contributed by atoms with E-state index in [0.717, 1.165) is 19.3 Å². The van der Waals surface area contributed by atoms with Crippen molar-refractivity contribution in [2.45, 2.75) is 91.0 Å². The monoisotopic (exact) mass is 284 g/mol. The Hall–Kier alpha value is -0.570. The molecule has 0 radical (unpaired) electrons. The quantitative estimate of drug-likeness (QED) is 0.502. The second kappa shape index (κ2) is 13.4. The van der Waals surface area contributed by atoms with E-state index in [9.17, 15) is 4.79 Å². The number of nitrogens with one attached hydrogen (secondary N) is 1. The Morgan fingerprint density at radius 1 is 0.950 bits per heavy atom. The summed E-state index contributed by atoms with van der Waals surface area (Å²) in [7, 11) is 0. The molecule has 3 heteroatoms. The van der Waals surface area contributed by atoms with Crippen LogP contribution >= 0.6 is 0 Å². The summed E-state index contributed by atoms with van der Waals surface area (Å²) in [6, 6.07) is 0.1000. The Balaban J connectivity index is 3.49. The molecule has 3 N–H and O–H groups in total. The van der Waals surface area contributed by atoms with Crippen LogP contribution < -0.4 is 11.1 Å². The van der Waals surface area contributed by atoms with Crippen molar-refractivity contribution >= 4 is 5.91 Å². The van der Waals surface area contributed by atoms with E-state index >= 15 is 0 Å². The van der Waals surface area contributed by atoms with Gasteiger partial charge in [0.2, 0.25) is 5.91 Å². The molecule has 0 heterocycles. The summed E-state index contributed by atoms with van der Waals surface area (Å²) in [5.41, 5.74) is 6.10. The molecule has 0 rings (SSSR count). The van der Waals surface area contributed by atoms with Crippen LogP contribution in [0.5, 0.6) is 0 Å². The molecule has 3 nitrogen and oxygen atoms in total. The molecule has 0 fully saturated rings. The van der Waals surface area contributed by atoms with Gasteiger partial charge in [-0.1, -0.05) is 72.1 Å². The molecule has 0 aliphatic carbocycles. The molecule has 0 aromatic rings. The summed E-state index contributed by atoms with van der Waals surface area (Å²) in [5, 5.41) is 2.98. The van der Waals surface area contributed by atoms with Gasteiger partial charge in [-0.05, 0) is 12.3 Å². The average molecular weight is 284 g/mol. The van der Waals surface area contributed by atoms with Gasteiger partial charge in [0.25, 0.3) is 0 Å². The number of amides is 1. The Morgan fingerprint density at radius 2 is 1.50 bits per heavy atom. The van der Waals surface area contributed by atoms with Gasteiger partial charge in [-0.15, -0.1) is 0 Å². The minimum atomic E-state index is 0.1000. The highest BCUT2D eigenvalue weighted by Gasteiger charge is 2.14. The standard InChI is InChI=1S/C17H36N2O/c1-4-7-8-9-10-11-12-13-17(20)19-14-16(18)15(5-2)6-3/h15-16H,4-14,18H2,1-3H3,(H,19,20). The SMILES string of the molecule is CCCCCCCCCC(=O)NCC(N)C(CC)CC. The molecular weight excluding hydrogens is 248 g/mol. The summed E-state index contributed by atoms with van der Waals surface area (Å²) < 4.78 is 0. The highest BCUT2D eigenvalue weighted by molar-refractivity contribution is 5.75. The zero-order valence-electron chi connectivity index (χ0n) is 13.9. The fraction of sp³-hybridized carbons (Fsp3) is 0.941. The van der Waals surface area contributed by atoms with Crippen LogP contribution in [-0.4, -0.2) is 18.5 Å². The van der Waals surface area contributed by atoms with Crippen molar-refractivity contribution in [2.24, 2.45) is 11.7 Å². The van der Waals surface area contributed by atoms with Gasteiger partial charge in [0.1, 0.15) is 0 Å². The largest absolute Gasteiger partial charge is 0.355 e. The van der Waals surface area contributed by atoms with Crippen LogP contribution in [0.2, 0.25) is 0 Å². The van der Waals surface area contributed by atoms with E-state index in [-0.39, 0.29) is 11.9 Å². The second-order valence-corrected chi connectivity index (χ2v) is 5.92. The maximum Gasteiger partial charge on any atom is 0.220 e. The first-order valence-electron chi connectivity index (χ1n) is 8.67. The normalized spacial score (nSPS) is 12.7. The summed E-state index contributed by atoms with van der Waals surface area (Å²) >= 11 is 0. The number of unbranched alkanes of at least 4 members (excludes halogenated alkanes) is 6. The van der Waals surface area contributed by atoms with Gasteiger partial charge in [-0.3, -0.25) is 4.79 Å². The number of rotatable bonds is 13. The van der Waals surface area contributed by atoms with Gasteiger partial charge >= 0.3 is 0 Å². The fourth-order valence-corrected chi connectivity index (χ4v) is 2.62. The first kappa shape index (κ1) is 19.4. The maximum absolute atomic E-state index is 11.7. The van der Waals surface area contributed by atoms with Gasteiger partial charge in [0, 0.05) is 19.0 Å². The maximum atomic E-state index is 11.7.